The van der Waals surface area contributed by atoms with Crippen molar-refractivity contribution in [1.82, 2.24) is 10.2 Å². The number of thiophene rings is 1. The van der Waals surface area contributed by atoms with Crippen molar-refractivity contribution in [2.24, 2.45) is 0 Å². The van der Waals surface area contributed by atoms with Crippen molar-refractivity contribution in [1.29, 1.82) is 0 Å². The maximum atomic E-state index is 12.3. The minimum atomic E-state index is -0.567. The highest BCUT2D eigenvalue weighted by molar-refractivity contribution is 7.99. The van der Waals surface area contributed by atoms with Gasteiger partial charge in [-0.1, -0.05) is 18.7 Å². The van der Waals surface area contributed by atoms with Gasteiger partial charge in [0.1, 0.15) is 5.00 Å². The summed E-state index contributed by atoms with van der Waals surface area (Å²) in [5.41, 5.74) is 0.725. The Balaban J connectivity index is 2.10. The van der Waals surface area contributed by atoms with E-state index in [1.807, 2.05) is 6.92 Å². The predicted octanol–water partition coefficient (Wildman–Crippen LogP) is 3.50. The molecule has 146 valence electrons. The Morgan fingerprint density at radius 1 is 1.26 bits per heavy atom. The van der Waals surface area contributed by atoms with E-state index in [2.05, 4.69) is 15.5 Å². The lowest BCUT2D eigenvalue weighted by atomic mass is 10.1. The first kappa shape index (κ1) is 21.1. The molecule has 0 fully saturated rings. The number of nitrogens with zero attached hydrogens (tertiary/aromatic N) is 2. The van der Waals surface area contributed by atoms with Crippen LogP contribution < -0.4 is 5.32 Å². The fraction of sp³-hybridized carbons (Fsp3) is 0.471. The maximum Gasteiger partial charge on any atom is 0.341 e. The van der Waals surface area contributed by atoms with Crippen molar-refractivity contribution in [2.75, 3.05) is 17.7 Å². The molecule has 27 heavy (non-hydrogen) atoms. The summed E-state index contributed by atoms with van der Waals surface area (Å²) in [5, 5.41) is 11.1. The zero-order valence-electron chi connectivity index (χ0n) is 15.6. The summed E-state index contributed by atoms with van der Waals surface area (Å²) in [6.45, 7) is 6.97. The smallest absolute Gasteiger partial charge is 0.341 e. The lowest BCUT2D eigenvalue weighted by molar-refractivity contribution is -0.113. The van der Waals surface area contributed by atoms with Crippen LogP contribution in [0.4, 0.5) is 5.00 Å². The number of Topliss-reactive ketones (excluding diaryl/α,β-unsaturated/α-hetero) is 1. The lowest BCUT2D eigenvalue weighted by Crippen LogP contribution is -2.16. The third-order valence-corrected chi connectivity index (χ3v) is 5.56. The van der Waals surface area contributed by atoms with Crippen molar-refractivity contribution in [2.45, 2.75) is 45.8 Å². The van der Waals surface area contributed by atoms with Crippen LogP contribution >= 0.6 is 23.1 Å². The van der Waals surface area contributed by atoms with Gasteiger partial charge in [-0.3, -0.25) is 9.59 Å². The average molecular weight is 412 g/mol. The van der Waals surface area contributed by atoms with Gasteiger partial charge in [0.25, 0.3) is 5.22 Å². The molecule has 8 nitrogen and oxygen atoms in total. The second-order valence-electron chi connectivity index (χ2n) is 5.59. The highest BCUT2D eigenvalue weighted by atomic mass is 32.2. The summed E-state index contributed by atoms with van der Waals surface area (Å²) < 4.78 is 10.5. The third-order valence-electron chi connectivity index (χ3n) is 3.44. The quantitative estimate of drug-likeness (QED) is 0.379. The van der Waals surface area contributed by atoms with Crippen LogP contribution in [0.3, 0.4) is 0 Å². The van der Waals surface area contributed by atoms with E-state index in [9.17, 15) is 14.4 Å². The van der Waals surface area contributed by atoms with E-state index in [4.69, 9.17) is 9.15 Å². The normalized spacial score (nSPS) is 10.7. The number of ether oxygens (including phenoxy) is 1. The van der Waals surface area contributed by atoms with Gasteiger partial charge in [-0.15, -0.1) is 21.5 Å². The number of carbonyl (C=O) groups excluding carboxylic acids is 3. The number of amides is 1. The number of ketones is 1. The van der Waals surface area contributed by atoms with Gasteiger partial charge < -0.3 is 14.5 Å². The summed E-state index contributed by atoms with van der Waals surface area (Å²) in [5.74, 6) is -0.528. The molecule has 0 aliphatic rings. The Labute approximate surface area is 165 Å². The van der Waals surface area contributed by atoms with Gasteiger partial charge in [-0.2, -0.15) is 0 Å². The van der Waals surface area contributed by atoms with Crippen LogP contribution in [0.2, 0.25) is 0 Å². The summed E-state index contributed by atoms with van der Waals surface area (Å²) in [6.07, 6.45) is 1.57. The van der Waals surface area contributed by atoms with Gasteiger partial charge in [0.05, 0.1) is 22.8 Å². The number of aryl methyl sites for hydroxylation is 1. The van der Waals surface area contributed by atoms with E-state index >= 15 is 0 Å². The molecule has 0 spiro atoms. The molecule has 0 saturated carbocycles. The van der Waals surface area contributed by atoms with Gasteiger partial charge in [0, 0.05) is 6.42 Å². The monoisotopic (exact) mass is 411 g/mol. The predicted molar refractivity (Wildman–Crippen MR) is 103 cm³/mol. The second-order valence-corrected chi connectivity index (χ2v) is 7.53. The van der Waals surface area contributed by atoms with Gasteiger partial charge in [-0.25, -0.2) is 4.79 Å². The summed E-state index contributed by atoms with van der Waals surface area (Å²) in [6, 6.07) is 0. The van der Waals surface area contributed by atoms with Gasteiger partial charge >= 0.3 is 5.97 Å². The SMILES string of the molecule is CCCc1nnc(SCC(=O)Nc2sc(C(C)=O)c(C)c2C(=O)OCC)o1. The van der Waals surface area contributed by atoms with E-state index in [1.54, 1.807) is 13.8 Å². The Morgan fingerprint density at radius 2 is 2.00 bits per heavy atom. The molecule has 0 unspecified atom stereocenters. The lowest BCUT2D eigenvalue weighted by Gasteiger charge is -2.06. The number of thioether (sulfide) groups is 1. The zero-order chi connectivity index (χ0) is 20.0. The van der Waals surface area contributed by atoms with E-state index in [0.29, 0.717) is 33.0 Å². The largest absolute Gasteiger partial charge is 0.462 e. The van der Waals surface area contributed by atoms with Gasteiger partial charge in [-0.05, 0) is 32.8 Å². The first-order chi connectivity index (χ1) is 12.9. The minimum absolute atomic E-state index is 0.0301. The van der Waals surface area contributed by atoms with E-state index in [0.717, 1.165) is 29.5 Å². The van der Waals surface area contributed by atoms with Crippen LogP contribution in [0.1, 0.15) is 58.7 Å². The number of esters is 1. The van der Waals surface area contributed by atoms with Crippen LogP contribution in [-0.2, 0) is 16.0 Å². The number of nitrogens with one attached hydrogen (secondary N) is 1. The van der Waals surface area contributed by atoms with Crippen molar-refractivity contribution in [3.05, 3.63) is 21.9 Å². The zero-order valence-corrected chi connectivity index (χ0v) is 17.2. The van der Waals surface area contributed by atoms with Crippen LogP contribution in [0, 0.1) is 6.92 Å². The van der Waals surface area contributed by atoms with Crippen LogP contribution in [-0.4, -0.2) is 40.2 Å². The van der Waals surface area contributed by atoms with Gasteiger partial charge in [0.2, 0.25) is 11.8 Å². The van der Waals surface area contributed by atoms with Crippen molar-refractivity contribution >= 4 is 45.8 Å². The first-order valence-corrected chi connectivity index (χ1v) is 10.2. The van der Waals surface area contributed by atoms with Gasteiger partial charge in [0.15, 0.2) is 5.78 Å². The molecule has 0 aliphatic heterocycles. The van der Waals surface area contributed by atoms with Crippen molar-refractivity contribution in [3.8, 4) is 0 Å². The van der Waals surface area contributed by atoms with Crippen LogP contribution in [0.5, 0.6) is 0 Å². The molecule has 0 radical (unpaired) electrons. The molecule has 0 aromatic carbocycles. The standard InChI is InChI=1S/C17H21N3O5S2/c1-5-7-12-19-20-17(25-12)26-8-11(22)18-15-13(16(23)24-6-2)9(3)14(27-15)10(4)21/h5-8H2,1-4H3,(H,18,22). The molecule has 2 aromatic heterocycles. The van der Waals surface area contributed by atoms with Crippen molar-refractivity contribution < 1.29 is 23.5 Å². The van der Waals surface area contributed by atoms with E-state index in [-0.39, 0.29) is 29.6 Å². The van der Waals surface area contributed by atoms with E-state index < -0.39 is 5.97 Å². The Kier molecular flexibility index (Phi) is 7.55. The molecule has 10 heteroatoms. The number of carbonyl (C=O) groups is 3. The highest BCUT2D eigenvalue weighted by Gasteiger charge is 2.25. The summed E-state index contributed by atoms with van der Waals surface area (Å²) in [7, 11) is 0. The van der Waals surface area contributed by atoms with Crippen LogP contribution in [0.25, 0.3) is 0 Å². The molecular formula is C17H21N3O5S2. The van der Waals surface area contributed by atoms with Crippen LogP contribution in [0.15, 0.2) is 9.64 Å². The maximum absolute atomic E-state index is 12.3. The number of hydrogen-bond acceptors (Lipinski definition) is 9. The average Bonchev–Trinajstić information content (AvgIpc) is 3.18. The third kappa shape index (κ3) is 5.39. The molecule has 0 bridgehead atoms. The first-order valence-electron chi connectivity index (χ1n) is 8.43. The Morgan fingerprint density at radius 3 is 2.63 bits per heavy atom. The number of rotatable bonds is 9. The molecule has 1 amide bonds. The molecule has 2 rings (SSSR count). The highest BCUT2D eigenvalue weighted by Crippen LogP contribution is 2.34. The number of hydrogen-bond donors (Lipinski definition) is 1. The van der Waals surface area contributed by atoms with Crippen molar-refractivity contribution in [3.63, 3.8) is 0 Å². The number of anilines is 1. The Hall–Kier alpha value is -2.20. The Bertz CT molecular complexity index is 844. The fourth-order valence-electron chi connectivity index (χ4n) is 2.29. The summed E-state index contributed by atoms with van der Waals surface area (Å²) >= 11 is 2.17. The molecule has 0 atom stereocenters. The second kappa shape index (κ2) is 9.65. The minimum Gasteiger partial charge on any atom is -0.462 e. The summed E-state index contributed by atoms with van der Waals surface area (Å²) in [4.78, 5) is 36.7. The number of aromatic nitrogens is 2. The molecule has 2 aromatic rings. The molecule has 2 heterocycles. The molecule has 1 N–H and O–H groups in total. The topological polar surface area (TPSA) is 111 Å². The molecular weight excluding hydrogens is 390 g/mol. The molecule has 0 saturated heterocycles. The van der Waals surface area contributed by atoms with E-state index in [1.165, 1.54) is 6.92 Å². The molecule has 0 aliphatic carbocycles. The fourth-order valence-corrected chi connectivity index (χ4v) is 3.97.